The van der Waals surface area contributed by atoms with Crippen LogP contribution in [0.25, 0.3) is 0 Å². The number of sulfonamides is 1. The number of rotatable bonds is 6. The summed E-state index contributed by atoms with van der Waals surface area (Å²) in [6.07, 6.45) is 1.68. The molecule has 1 heterocycles. The van der Waals surface area contributed by atoms with E-state index < -0.39 is 21.8 Å². The van der Waals surface area contributed by atoms with Gasteiger partial charge in [-0.2, -0.15) is 4.31 Å². The van der Waals surface area contributed by atoms with Gasteiger partial charge in [-0.3, -0.25) is 9.59 Å². The van der Waals surface area contributed by atoms with Crippen LogP contribution in [0.4, 0.5) is 5.69 Å². The molecular formula is C17H24ClN3O5S. The first-order valence-corrected chi connectivity index (χ1v) is 10.5. The van der Waals surface area contributed by atoms with Crippen LogP contribution in [-0.4, -0.2) is 69.3 Å². The molecule has 0 atom stereocenters. The van der Waals surface area contributed by atoms with Gasteiger partial charge in [0.15, 0.2) is 0 Å². The normalized spacial score (nSPS) is 15.4. The first kappa shape index (κ1) is 21.6. The average Bonchev–Trinajstić information content (AvgIpc) is 2.67. The van der Waals surface area contributed by atoms with Crippen molar-refractivity contribution in [3.05, 3.63) is 23.2 Å². The summed E-state index contributed by atoms with van der Waals surface area (Å²) in [6.45, 7) is 3.62. The highest BCUT2D eigenvalue weighted by molar-refractivity contribution is 7.89. The van der Waals surface area contributed by atoms with Gasteiger partial charge in [0.25, 0.3) is 0 Å². The second kappa shape index (κ2) is 9.50. The van der Waals surface area contributed by atoms with Crippen LogP contribution in [0.1, 0.15) is 19.8 Å². The predicted octanol–water partition coefficient (Wildman–Crippen LogP) is 1.56. The monoisotopic (exact) mass is 417 g/mol. The van der Waals surface area contributed by atoms with Gasteiger partial charge in [0, 0.05) is 26.7 Å². The van der Waals surface area contributed by atoms with E-state index in [0.29, 0.717) is 19.8 Å². The Kier molecular flexibility index (Phi) is 7.60. The number of carbonyl (C=O) groups is 2. The van der Waals surface area contributed by atoms with Crippen molar-refractivity contribution in [1.82, 2.24) is 9.21 Å². The lowest BCUT2D eigenvalue weighted by molar-refractivity contribution is -0.142. The van der Waals surface area contributed by atoms with Crippen LogP contribution in [0, 0.1) is 0 Å². The molecule has 0 saturated carbocycles. The molecule has 1 fully saturated rings. The number of morpholine rings is 1. The fraction of sp³-hybridized carbons (Fsp3) is 0.529. The van der Waals surface area contributed by atoms with E-state index in [2.05, 4.69) is 5.32 Å². The van der Waals surface area contributed by atoms with Crippen molar-refractivity contribution in [3.63, 3.8) is 0 Å². The largest absolute Gasteiger partial charge is 0.379 e. The van der Waals surface area contributed by atoms with E-state index in [-0.39, 0.29) is 28.7 Å². The molecule has 2 rings (SSSR count). The van der Waals surface area contributed by atoms with Crippen LogP contribution in [-0.2, 0) is 24.3 Å². The molecule has 0 radical (unpaired) electrons. The van der Waals surface area contributed by atoms with Crippen molar-refractivity contribution in [2.75, 3.05) is 45.2 Å². The first-order chi connectivity index (χ1) is 12.8. The number of ether oxygens (including phenoxy) is 1. The highest BCUT2D eigenvalue weighted by Gasteiger charge is 2.27. The smallest absolute Gasteiger partial charge is 0.313 e. The molecule has 8 nitrogen and oxygen atoms in total. The predicted molar refractivity (Wildman–Crippen MR) is 102 cm³/mol. The number of unbranched alkanes of at least 4 members (excludes halogenated alkanes) is 1. The molecule has 1 aromatic carbocycles. The van der Waals surface area contributed by atoms with E-state index in [1.807, 2.05) is 6.92 Å². The first-order valence-electron chi connectivity index (χ1n) is 8.71. The molecule has 0 aromatic heterocycles. The Hall–Kier alpha value is -1.68. The minimum absolute atomic E-state index is 0.00381. The summed E-state index contributed by atoms with van der Waals surface area (Å²) in [5, 5.41) is 2.56. The van der Waals surface area contributed by atoms with Gasteiger partial charge in [0.1, 0.15) is 0 Å². The quantitative estimate of drug-likeness (QED) is 0.708. The molecule has 150 valence electrons. The molecule has 2 amide bonds. The highest BCUT2D eigenvalue weighted by atomic mass is 35.5. The lowest BCUT2D eigenvalue weighted by Crippen LogP contribution is -2.40. The summed E-state index contributed by atoms with van der Waals surface area (Å²) in [7, 11) is -2.20. The maximum Gasteiger partial charge on any atom is 0.313 e. The summed E-state index contributed by atoms with van der Waals surface area (Å²) in [5.74, 6) is -1.57. The topological polar surface area (TPSA) is 96.0 Å². The molecule has 0 unspecified atom stereocenters. The minimum Gasteiger partial charge on any atom is -0.379 e. The number of carbonyl (C=O) groups excluding carboxylic acids is 2. The van der Waals surface area contributed by atoms with Crippen LogP contribution < -0.4 is 5.32 Å². The number of benzene rings is 1. The number of amides is 2. The Morgan fingerprint density at radius 3 is 2.59 bits per heavy atom. The average molecular weight is 418 g/mol. The standard InChI is InChI=1S/C17H24ClN3O5S/c1-3-4-7-20(2)17(23)16(22)19-15-12-13(5-6-14(15)18)27(24,25)21-8-10-26-11-9-21/h5-6,12H,3-4,7-11H2,1-2H3,(H,19,22). The molecule has 0 bridgehead atoms. The summed E-state index contributed by atoms with van der Waals surface area (Å²) in [4.78, 5) is 25.6. The van der Waals surface area contributed by atoms with E-state index in [9.17, 15) is 18.0 Å². The van der Waals surface area contributed by atoms with Crippen molar-refractivity contribution in [1.29, 1.82) is 0 Å². The zero-order valence-electron chi connectivity index (χ0n) is 15.4. The number of nitrogens with zero attached hydrogens (tertiary/aromatic N) is 2. The van der Waals surface area contributed by atoms with Crippen molar-refractivity contribution < 1.29 is 22.7 Å². The van der Waals surface area contributed by atoms with Gasteiger partial charge in [0.2, 0.25) is 10.0 Å². The van der Waals surface area contributed by atoms with Gasteiger partial charge in [0.05, 0.1) is 28.8 Å². The Morgan fingerprint density at radius 1 is 1.30 bits per heavy atom. The van der Waals surface area contributed by atoms with Gasteiger partial charge >= 0.3 is 11.8 Å². The summed E-state index contributed by atoms with van der Waals surface area (Å²) in [5.41, 5.74) is 0.0771. The van der Waals surface area contributed by atoms with E-state index in [1.165, 1.54) is 27.4 Å². The van der Waals surface area contributed by atoms with Gasteiger partial charge in [-0.15, -0.1) is 0 Å². The maximum atomic E-state index is 12.7. The number of likely N-dealkylation sites (N-methyl/N-ethyl adjacent to an activating group) is 1. The third-order valence-electron chi connectivity index (χ3n) is 4.18. The van der Waals surface area contributed by atoms with Crippen molar-refractivity contribution in [3.8, 4) is 0 Å². The van der Waals surface area contributed by atoms with E-state index >= 15 is 0 Å². The Morgan fingerprint density at radius 2 is 1.96 bits per heavy atom. The second-order valence-electron chi connectivity index (χ2n) is 6.19. The van der Waals surface area contributed by atoms with Crippen LogP contribution in [0.2, 0.25) is 5.02 Å². The summed E-state index contributed by atoms with van der Waals surface area (Å²) in [6, 6.07) is 4.03. The SMILES string of the molecule is CCCCN(C)C(=O)C(=O)Nc1cc(S(=O)(=O)N2CCOCC2)ccc1Cl. The van der Waals surface area contributed by atoms with Gasteiger partial charge in [-0.05, 0) is 24.6 Å². The third kappa shape index (κ3) is 5.41. The van der Waals surface area contributed by atoms with Crippen molar-refractivity contribution in [2.45, 2.75) is 24.7 Å². The molecule has 10 heteroatoms. The Bertz CT molecular complexity index is 794. The highest BCUT2D eigenvalue weighted by Crippen LogP contribution is 2.27. The Labute approximate surface area is 164 Å². The summed E-state index contributed by atoms with van der Waals surface area (Å²) >= 11 is 6.08. The van der Waals surface area contributed by atoms with Crippen LogP contribution >= 0.6 is 11.6 Å². The fourth-order valence-corrected chi connectivity index (χ4v) is 4.14. The van der Waals surface area contributed by atoms with Gasteiger partial charge in [-0.25, -0.2) is 8.42 Å². The van der Waals surface area contributed by atoms with Crippen molar-refractivity contribution >= 4 is 39.1 Å². The minimum atomic E-state index is -3.74. The summed E-state index contributed by atoms with van der Waals surface area (Å²) < 4.78 is 32.0. The molecule has 1 saturated heterocycles. The second-order valence-corrected chi connectivity index (χ2v) is 8.54. The molecule has 27 heavy (non-hydrogen) atoms. The maximum absolute atomic E-state index is 12.7. The number of hydrogen-bond acceptors (Lipinski definition) is 5. The molecule has 1 aromatic rings. The molecular weight excluding hydrogens is 394 g/mol. The Balaban J connectivity index is 2.17. The number of nitrogens with one attached hydrogen (secondary N) is 1. The van der Waals surface area contributed by atoms with Crippen LogP contribution in [0.5, 0.6) is 0 Å². The zero-order chi connectivity index (χ0) is 20.0. The number of halogens is 1. The van der Waals surface area contributed by atoms with E-state index in [0.717, 1.165) is 12.8 Å². The molecule has 1 aliphatic heterocycles. The van der Waals surface area contributed by atoms with Gasteiger partial charge < -0.3 is 15.0 Å². The van der Waals surface area contributed by atoms with Crippen LogP contribution in [0.3, 0.4) is 0 Å². The van der Waals surface area contributed by atoms with Crippen molar-refractivity contribution in [2.24, 2.45) is 0 Å². The number of anilines is 1. The fourth-order valence-electron chi connectivity index (χ4n) is 2.54. The number of hydrogen-bond donors (Lipinski definition) is 1. The van der Waals surface area contributed by atoms with Crippen LogP contribution in [0.15, 0.2) is 23.1 Å². The van der Waals surface area contributed by atoms with E-state index in [4.69, 9.17) is 16.3 Å². The van der Waals surface area contributed by atoms with E-state index in [1.54, 1.807) is 7.05 Å². The lowest BCUT2D eigenvalue weighted by atomic mass is 10.3. The molecule has 1 aliphatic rings. The third-order valence-corrected chi connectivity index (χ3v) is 6.41. The lowest BCUT2D eigenvalue weighted by Gasteiger charge is -2.26. The molecule has 0 aliphatic carbocycles. The zero-order valence-corrected chi connectivity index (χ0v) is 17.0. The molecule has 0 spiro atoms. The molecule has 1 N–H and O–H groups in total. The van der Waals surface area contributed by atoms with Gasteiger partial charge in [-0.1, -0.05) is 24.9 Å².